The predicted octanol–water partition coefficient (Wildman–Crippen LogP) is 6.98. The fourth-order valence-corrected chi connectivity index (χ4v) is 9.88. The Kier molecular flexibility index (Phi) is 21.4. The number of aliphatic hydroxyl groups is 1. The van der Waals surface area contributed by atoms with Crippen LogP contribution in [-0.4, -0.2) is 117 Å². The molecule has 8 aromatic rings. The minimum atomic E-state index is -5.32. The summed E-state index contributed by atoms with van der Waals surface area (Å²) in [5, 5.41) is 73.8. The third kappa shape index (κ3) is 17.3. The molecule has 452 valence electrons. The summed E-state index contributed by atoms with van der Waals surface area (Å²) in [7, 11) is -28.5. The Morgan fingerprint density at radius 1 is 0.419 bits per heavy atom. The van der Waals surface area contributed by atoms with Gasteiger partial charge in [-0.15, -0.1) is 68.6 Å². The molecule has 0 atom stereocenters. The molecular formula is C44H33N9O26S7. The van der Waals surface area contributed by atoms with Crippen LogP contribution < -0.4 is 10.5 Å². The zero-order valence-corrected chi connectivity index (χ0v) is 47.8. The van der Waals surface area contributed by atoms with Crippen molar-refractivity contribution in [1.82, 2.24) is 0 Å². The van der Waals surface area contributed by atoms with Crippen molar-refractivity contribution in [1.29, 1.82) is 0 Å². The van der Waals surface area contributed by atoms with Crippen LogP contribution in [0.25, 0.3) is 32.3 Å². The number of nitrogens with two attached hydrogens (primary N) is 1. The predicted molar refractivity (Wildman–Crippen MR) is 292 cm³/mol. The van der Waals surface area contributed by atoms with Crippen molar-refractivity contribution in [2.24, 2.45) is 40.9 Å². The maximum atomic E-state index is 12.7. The van der Waals surface area contributed by atoms with Gasteiger partial charge in [0.25, 0.3) is 40.5 Å². The fourth-order valence-electron chi connectivity index (χ4n) is 7.24. The lowest BCUT2D eigenvalue weighted by molar-refractivity contribution is 0.281. The van der Waals surface area contributed by atoms with E-state index in [9.17, 15) is 72.3 Å². The summed E-state index contributed by atoms with van der Waals surface area (Å²) in [5.41, 5.74) is 3.02. The Morgan fingerprint density at radius 2 is 0.849 bits per heavy atom. The number of aliphatic hydroxyl groups excluding tert-OH is 1. The van der Waals surface area contributed by atoms with Crippen LogP contribution in [0.15, 0.2) is 170 Å². The van der Waals surface area contributed by atoms with Gasteiger partial charge >= 0.3 is 31.8 Å². The molecule has 0 bridgehead atoms. The molecule has 0 aliphatic rings. The molecule has 86 heavy (non-hydrogen) atoms. The van der Waals surface area contributed by atoms with Crippen LogP contribution in [0.5, 0.6) is 23.0 Å². The molecule has 10 N–H and O–H groups in total. The molecule has 8 aromatic carbocycles. The van der Waals surface area contributed by atoms with Crippen molar-refractivity contribution in [3.8, 4) is 23.0 Å². The molecule has 8 rings (SSSR count). The molecular weight excluding hydrogens is 1290 g/mol. The van der Waals surface area contributed by atoms with E-state index in [1.54, 1.807) is 0 Å². The zero-order valence-electron chi connectivity index (χ0n) is 42.0. The molecule has 0 unspecified atom stereocenters. The monoisotopic (exact) mass is 1330 g/mol. The lowest BCUT2D eigenvalue weighted by Crippen LogP contribution is -2.02. The Morgan fingerprint density at radius 3 is 1.40 bits per heavy atom. The van der Waals surface area contributed by atoms with Gasteiger partial charge in [-0.05, 0) is 113 Å². The number of azo groups is 4. The van der Waals surface area contributed by atoms with Crippen molar-refractivity contribution >= 4 is 156 Å². The maximum Gasteiger partial charge on any atom is 0.425 e. The molecule has 0 amide bonds. The van der Waals surface area contributed by atoms with Crippen LogP contribution in [0.4, 0.5) is 51.2 Å². The van der Waals surface area contributed by atoms with E-state index in [1.165, 1.54) is 86.0 Å². The summed E-state index contributed by atoms with van der Waals surface area (Å²) in [6.07, 6.45) is 0. The van der Waals surface area contributed by atoms with Crippen molar-refractivity contribution in [3.63, 3.8) is 0 Å². The van der Waals surface area contributed by atoms with Crippen molar-refractivity contribution in [3.05, 3.63) is 115 Å². The number of nitrogens with zero attached hydrogens (tertiary/aromatic N) is 8. The third-order valence-electron chi connectivity index (χ3n) is 10.8. The quantitative estimate of drug-likeness (QED) is 0.0301. The van der Waals surface area contributed by atoms with E-state index in [1.807, 2.05) is 0 Å². The van der Waals surface area contributed by atoms with E-state index in [-0.39, 0.29) is 55.9 Å². The van der Waals surface area contributed by atoms with Gasteiger partial charge in [-0.25, -0.2) is 0 Å². The topological polar surface area (TPSA) is 586 Å². The summed E-state index contributed by atoms with van der Waals surface area (Å²) in [6.45, 7) is -0.516. The normalized spacial score (nSPS) is 12.0. The van der Waals surface area contributed by atoms with Gasteiger partial charge in [0.15, 0.2) is 17.2 Å². The Bertz CT molecular complexity index is 4950. The number of anilines is 1. The van der Waals surface area contributed by atoms with Gasteiger partial charge in [0.2, 0.25) is 0 Å². The molecule has 0 spiro atoms. The number of methoxy groups -OCH3 is 1. The van der Waals surface area contributed by atoms with Gasteiger partial charge < -0.3 is 30.9 Å². The summed E-state index contributed by atoms with van der Waals surface area (Å²) in [4.78, 5) is -3.75. The first-order valence-corrected chi connectivity index (χ1v) is 30.6. The summed E-state index contributed by atoms with van der Waals surface area (Å²) < 4.78 is 221. The number of hydrogen-bond donors (Lipinski definition) is 9. The second-order valence-corrected chi connectivity index (χ2v) is 22.9. The molecule has 0 aliphatic heterocycles. The first-order valence-electron chi connectivity index (χ1n) is 21.9. The van der Waals surface area contributed by atoms with Gasteiger partial charge in [0.1, 0.15) is 59.5 Å². The smallest absolute Gasteiger partial charge is 0.425 e. The lowest BCUT2D eigenvalue weighted by Gasteiger charge is -2.13. The molecule has 0 aromatic heterocycles. The van der Waals surface area contributed by atoms with Gasteiger partial charge in [0.05, 0.1) is 36.2 Å². The molecule has 0 saturated carbocycles. The fraction of sp³-hybridized carbons (Fsp3) is 0.0455. The summed E-state index contributed by atoms with van der Waals surface area (Å²) >= 11 is 0. The minimum Gasteiger partial charge on any atom is -0.505 e. The van der Waals surface area contributed by atoms with Crippen LogP contribution in [0.1, 0.15) is 5.56 Å². The number of phenolic OH excluding ortho intramolecular Hbond substituents is 3. The molecule has 0 fully saturated rings. The molecule has 35 nitrogen and oxygen atoms in total. The lowest BCUT2D eigenvalue weighted by atomic mass is 10.1. The second kappa shape index (κ2) is 27.4. The second-order valence-electron chi connectivity index (χ2n) is 16.1. The maximum absolute atomic E-state index is 12.7. The highest BCUT2D eigenvalue weighted by Crippen LogP contribution is 2.48. The Labute approximate surface area is 485 Å². The highest BCUT2D eigenvalue weighted by atomic mass is 32.2. The molecule has 0 radical (unpaired) electrons. The third-order valence-corrected chi connectivity index (χ3v) is 14.3. The highest BCUT2D eigenvalue weighted by molar-refractivity contribution is 7.86. The van der Waals surface area contributed by atoms with Gasteiger partial charge in [-0.2, -0.15) is 43.9 Å². The van der Waals surface area contributed by atoms with Crippen LogP contribution in [0.3, 0.4) is 0 Å². The van der Waals surface area contributed by atoms with Crippen molar-refractivity contribution < 1.29 is 115 Å². The van der Waals surface area contributed by atoms with E-state index in [4.69, 9.17) is 48.4 Å². The van der Waals surface area contributed by atoms with Crippen LogP contribution in [0.2, 0.25) is 0 Å². The average molecular weight is 1330 g/mol. The van der Waals surface area contributed by atoms with Crippen LogP contribution >= 0.6 is 0 Å². The van der Waals surface area contributed by atoms with Crippen LogP contribution in [0, 0.1) is 0 Å². The molecule has 42 heteroatoms. The average Bonchev–Trinajstić information content (AvgIpc) is 1.14. The first kappa shape index (κ1) is 67.2. The SMILES string of the molecule is COc1ccc(N=Nc2c(S(=O)(=O)O)cc3cc(S(=O)(=O)O)c(N=Nc4c(S(=O)(=O)O)cc5ccc(N=Nc6ccc7c(O)c(N=Nc8ccc(CO)cc8S(=O)(=O)O)ccc7c6)c(O)c5c4N)cc3c2O)cc1.O=S(=O)=O.O=S(=O)=O.O=S(=O)=O. The summed E-state index contributed by atoms with van der Waals surface area (Å²) in [5.74, 6) is -1.66. The number of rotatable bonds is 14. The Hall–Kier alpha value is -9.60. The highest BCUT2D eigenvalue weighted by Gasteiger charge is 2.27. The number of ether oxygens (including phenoxy) is 1. The van der Waals surface area contributed by atoms with E-state index in [2.05, 4.69) is 40.9 Å². The molecule has 0 aliphatic carbocycles. The number of aromatic hydroxyl groups is 3. The van der Waals surface area contributed by atoms with E-state index < -0.39 is 144 Å². The van der Waals surface area contributed by atoms with Gasteiger partial charge in [-0.1, -0.05) is 18.2 Å². The molecule has 0 heterocycles. The zero-order chi connectivity index (χ0) is 64.4. The van der Waals surface area contributed by atoms with Gasteiger partial charge in [0, 0.05) is 10.8 Å². The van der Waals surface area contributed by atoms with Crippen molar-refractivity contribution in [2.75, 3.05) is 12.8 Å². The van der Waals surface area contributed by atoms with Crippen LogP contribution in [-0.2, 0) is 78.9 Å². The largest absolute Gasteiger partial charge is 0.505 e. The first-order chi connectivity index (χ1) is 40.0. The van der Waals surface area contributed by atoms with E-state index in [0.29, 0.717) is 23.3 Å². The standard InChI is InChI=1S/C44H33N9O17S4.3O3S/c1-70-27-8-5-25(6-9-27)46-53-41-37(74(67,68)69)18-24-17-35(72(61,62)63)33(19-29(24)43(41)56)51-52-40-36(73(64,65)66)16-23-4-13-32(44(57)38(23)39(40)45)49-47-26-7-10-28-22(15-26)3-12-31(42(28)55)50-48-30-11-2-21(20-54)14-34(30)71(58,59)60;3*1-4(2)3/h2-19,54-57H,20,45H2,1H3,(H,58,59,60)(H,61,62,63)(H,64,65,66)(H,67,68,69);;;. The van der Waals surface area contributed by atoms with Gasteiger partial charge in [-0.3, -0.25) is 18.2 Å². The summed E-state index contributed by atoms with van der Waals surface area (Å²) in [6, 6.07) is 22.0. The number of nitrogen functional groups attached to an aromatic ring is 1. The minimum absolute atomic E-state index is 0.0967. The Balaban J connectivity index is 0.00000103. The number of hydrogen-bond acceptors (Lipinski definition) is 31. The molecule has 0 saturated heterocycles. The van der Waals surface area contributed by atoms with E-state index >= 15 is 0 Å². The number of phenols is 3. The number of fused-ring (bicyclic) bond motifs is 3. The number of benzene rings is 8. The van der Waals surface area contributed by atoms with Crippen molar-refractivity contribution in [2.45, 2.75) is 26.2 Å². The van der Waals surface area contributed by atoms with E-state index in [0.717, 1.165) is 18.2 Å².